The zero-order chi connectivity index (χ0) is 8.97. The first-order chi connectivity index (χ1) is 5.79. The molecule has 2 heteroatoms. The summed E-state index contributed by atoms with van der Waals surface area (Å²) in [5.41, 5.74) is 5.68. The van der Waals surface area contributed by atoms with Crippen LogP contribution in [0.1, 0.15) is 31.9 Å². The Kier molecular flexibility index (Phi) is 3.35. The molecule has 1 aromatic rings. The second-order valence-corrected chi connectivity index (χ2v) is 3.24. The smallest absolute Gasteiger partial charge is 0.108 e. The number of hydrogen-bond donors (Lipinski definition) is 1. The van der Waals surface area contributed by atoms with Crippen LogP contribution in [-0.2, 0) is 0 Å². The quantitative estimate of drug-likeness (QED) is 0.747. The van der Waals surface area contributed by atoms with E-state index in [1.165, 1.54) is 0 Å². The summed E-state index contributed by atoms with van der Waals surface area (Å²) >= 11 is 0. The minimum atomic E-state index is 0.380. The van der Waals surface area contributed by atoms with Crippen molar-refractivity contribution in [2.45, 2.75) is 26.2 Å². The largest absolute Gasteiger partial charge is 0.469 e. The Bertz CT molecular complexity index is 206. The minimum absolute atomic E-state index is 0.380. The summed E-state index contributed by atoms with van der Waals surface area (Å²) < 4.78 is 5.33. The predicted molar refractivity (Wildman–Crippen MR) is 50.0 cm³/mol. The van der Waals surface area contributed by atoms with Crippen LogP contribution in [0.3, 0.4) is 0 Å². The van der Waals surface area contributed by atoms with Gasteiger partial charge in [0, 0.05) is 12.5 Å². The van der Waals surface area contributed by atoms with E-state index in [1.807, 2.05) is 12.1 Å². The maximum Gasteiger partial charge on any atom is 0.108 e. The topological polar surface area (TPSA) is 39.2 Å². The Hall–Kier alpha value is -0.760. The SMILES string of the molecule is CCC(C)C(CN)c1ccco1. The molecule has 1 heterocycles. The number of nitrogens with two attached hydrogens (primary N) is 1. The second kappa shape index (κ2) is 4.31. The van der Waals surface area contributed by atoms with Crippen molar-refractivity contribution in [3.63, 3.8) is 0 Å². The molecule has 12 heavy (non-hydrogen) atoms. The van der Waals surface area contributed by atoms with Gasteiger partial charge in [0.2, 0.25) is 0 Å². The maximum atomic E-state index is 5.68. The normalized spacial score (nSPS) is 15.9. The molecule has 0 aliphatic heterocycles. The van der Waals surface area contributed by atoms with Crippen molar-refractivity contribution in [2.75, 3.05) is 6.54 Å². The van der Waals surface area contributed by atoms with Gasteiger partial charge in [-0.3, -0.25) is 0 Å². The molecule has 0 saturated heterocycles. The van der Waals surface area contributed by atoms with Crippen molar-refractivity contribution < 1.29 is 4.42 Å². The highest BCUT2D eigenvalue weighted by atomic mass is 16.3. The highest BCUT2D eigenvalue weighted by molar-refractivity contribution is 5.06. The molecule has 2 nitrogen and oxygen atoms in total. The average molecular weight is 167 g/mol. The summed E-state index contributed by atoms with van der Waals surface area (Å²) in [4.78, 5) is 0. The molecule has 2 atom stereocenters. The number of furan rings is 1. The van der Waals surface area contributed by atoms with E-state index in [4.69, 9.17) is 10.2 Å². The summed E-state index contributed by atoms with van der Waals surface area (Å²) in [6, 6.07) is 3.92. The Morgan fingerprint density at radius 3 is 2.75 bits per heavy atom. The molecule has 0 aliphatic rings. The lowest BCUT2D eigenvalue weighted by Crippen LogP contribution is -2.18. The van der Waals surface area contributed by atoms with Crippen LogP contribution in [0.15, 0.2) is 22.8 Å². The molecule has 1 rings (SSSR count). The molecule has 0 spiro atoms. The van der Waals surface area contributed by atoms with Gasteiger partial charge in [-0.25, -0.2) is 0 Å². The van der Waals surface area contributed by atoms with Crippen LogP contribution in [0.25, 0.3) is 0 Å². The van der Waals surface area contributed by atoms with E-state index < -0.39 is 0 Å². The molecule has 0 fully saturated rings. The minimum Gasteiger partial charge on any atom is -0.469 e. The molecule has 1 aromatic heterocycles. The van der Waals surface area contributed by atoms with Crippen LogP contribution in [0.4, 0.5) is 0 Å². The van der Waals surface area contributed by atoms with E-state index in [0.717, 1.165) is 12.2 Å². The fraction of sp³-hybridized carbons (Fsp3) is 0.600. The van der Waals surface area contributed by atoms with E-state index in [-0.39, 0.29) is 0 Å². The van der Waals surface area contributed by atoms with Crippen molar-refractivity contribution in [3.05, 3.63) is 24.2 Å². The van der Waals surface area contributed by atoms with Gasteiger partial charge in [0.15, 0.2) is 0 Å². The lowest BCUT2D eigenvalue weighted by Gasteiger charge is -2.18. The predicted octanol–water partition coefficient (Wildman–Crippen LogP) is 2.37. The van der Waals surface area contributed by atoms with E-state index in [1.54, 1.807) is 6.26 Å². The fourth-order valence-corrected chi connectivity index (χ4v) is 1.42. The van der Waals surface area contributed by atoms with Crippen molar-refractivity contribution in [2.24, 2.45) is 11.7 Å². The lowest BCUT2D eigenvalue weighted by atomic mass is 9.90. The van der Waals surface area contributed by atoms with Gasteiger partial charge in [-0.15, -0.1) is 0 Å². The first-order valence-electron chi connectivity index (χ1n) is 4.53. The summed E-state index contributed by atoms with van der Waals surface area (Å²) in [6.07, 6.45) is 2.85. The molecule has 0 aromatic carbocycles. The summed E-state index contributed by atoms with van der Waals surface area (Å²) in [7, 11) is 0. The molecule has 0 radical (unpaired) electrons. The van der Waals surface area contributed by atoms with Crippen LogP contribution < -0.4 is 5.73 Å². The van der Waals surface area contributed by atoms with Gasteiger partial charge in [0.1, 0.15) is 5.76 Å². The Morgan fingerprint density at radius 1 is 1.58 bits per heavy atom. The number of hydrogen-bond acceptors (Lipinski definition) is 2. The molecule has 0 aliphatic carbocycles. The summed E-state index contributed by atoms with van der Waals surface area (Å²) in [6.45, 7) is 5.05. The monoisotopic (exact) mass is 167 g/mol. The van der Waals surface area contributed by atoms with Gasteiger partial charge >= 0.3 is 0 Å². The van der Waals surface area contributed by atoms with Gasteiger partial charge in [0.05, 0.1) is 6.26 Å². The molecule has 0 bridgehead atoms. The average Bonchev–Trinajstić information content (AvgIpc) is 2.58. The molecule has 0 saturated carbocycles. The zero-order valence-corrected chi connectivity index (χ0v) is 7.79. The van der Waals surface area contributed by atoms with Crippen LogP contribution in [0.2, 0.25) is 0 Å². The van der Waals surface area contributed by atoms with E-state index in [9.17, 15) is 0 Å². The number of rotatable bonds is 4. The molecule has 2 unspecified atom stereocenters. The van der Waals surface area contributed by atoms with Gasteiger partial charge < -0.3 is 10.2 Å². The highest BCUT2D eigenvalue weighted by Gasteiger charge is 2.18. The van der Waals surface area contributed by atoms with Crippen molar-refractivity contribution >= 4 is 0 Å². The van der Waals surface area contributed by atoms with Gasteiger partial charge in [-0.2, -0.15) is 0 Å². The summed E-state index contributed by atoms with van der Waals surface area (Å²) in [5, 5.41) is 0. The highest BCUT2D eigenvalue weighted by Crippen LogP contribution is 2.25. The van der Waals surface area contributed by atoms with E-state index in [0.29, 0.717) is 18.4 Å². The molecular weight excluding hydrogens is 150 g/mol. The molecular formula is C10H17NO. The third-order valence-electron chi connectivity index (χ3n) is 2.49. The van der Waals surface area contributed by atoms with E-state index in [2.05, 4.69) is 13.8 Å². The Balaban J connectivity index is 2.69. The lowest BCUT2D eigenvalue weighted by molar-refractivity contribution is 0.374. The standard InChI is InChI=1S/C10H17NO/c1-3-8(2)9(7-11)10-5-4-6-12-10/h4-6,8-9H,3,7,11H2,1-2H3. The van der Waals surface area contributed by atoms with Crippen molar-refractivity contribution in [1.82, 2.24) is 0 Å². The third-order valence-corrected chi connectivity index (χ3v) is 2.49. The molecule has 2 N–H and O–H groups in total. The van der Waals surface area contributed by atoms with Crippen LogP contribution in [0, 0.1) is 5.92 Å². The summed E-state index contributed by atoms with van der Waals surface area (Å²) in [5.74, 6) is 2.00. The first-order valence-corrected chi connectivity index (χ1v) is 4.53. The second-order valence-electron chi connectivity index (χ2n) is 3.24. The van der Waals surface area contributed by atoms with Crippen molar-refractivity contribution in [1.29, 1.82) is 0 Å². The van der Waals surface area contributed by atoms with Gasteiger partial charge in [-0.1, -0.05) is 20.3 Å². The third kappa shape index (κ3) is 1.89. The van der Waals surface area contributed by atoms with Crippen LogP contribution >= 0.6 is 0 Å². The van der Waals surface area contributed by atoms with Crippen LogP contribution in [0.5, 0.6) is 0 Å². The first kappa shape index (κ1) is 9.33. The fourth-order valence-electron chi connectivity index (χ4n) is 1.42. The van der Waals surface area contributed by atoms with Gasteiger partial charge in [-0.05, 0) is 18.1 Å². The van der Waals surface area contributed by atoms with Crippen molar-refractivity contribution in [3.8, 4) is 0 Å². The van der Waals surface area contributed by atoms with Crippen LogP contribution in [-0.4, -0.2) is 6.54 Å². The maximum absolute atomic E-state index is 5.68. The zero-order valence-electron chi connectivity index (χ0n) is 7.79. The molecule has 68 valence electrons. The Morgan fingerprint density at radius 2 is 2.33 bits per heavy atom. The van der Waals surface area contributed by atoms with Gasteiger partial charge in [0.25, 0.3) is 0 Å². The van der Waals surface area contributed by atoms with E-state index >= 15 is 0 Å². The Labute approximate surface area is 73.8 Å². The molecule has 0 amide bonds.